The highest BCUT2D eigenvalue weighted by Crippen LogP contribution is 2.29. The van der Waals surface area contributed by atoms with Gasteiger partial charge in [0.1, 0.15) is 23.9 Å². The quantitative estimate of drug-likeness (QED) is 0.452. The van der Waals surface area contributed by atoms with Gasteiger partial charge in [-0.15, -0.1) is 0 Å². The number of ether oxygens (including phenoxy) is 1. The van der Waals surface area contributed by atoms with Gasteiger partial charge in [-0.05, 0) is 80.5 Å². The van der Waals surface area contributed by atoms with Crippen molar-refractivity contribution in [2.75, 3.05) is 26.2 Å². The molecule has 0 radical (unpaired) electrons. The number of amides is 1. The minimum absolute atomic E-state index is 0.0107. The van der Waals surface area contributed by atoms with E-state index in [0.717, 1.165) is 13.1 Å². The summed E-state index contributed by atoms with van der Waals surface area (Å²) in [5.41, 5.74) is 1.06. The van der Waals surface area contributed by atoms with Crippen LogP contribution in [0.15, 0.2) is 71.5 Å². The monoisotopic (exact) mass is 496 g/mol. The average Bonchev–Trinajstić information content (AvgIpc) is 3.56. The van der Waals surface area contributed by atoms with Crippen molar-refractivity contribution in [3.63, 3.8) is 0 Å². The van der Waals surface area contributed by atoms with Gasteiger partial charge in [0.05, 0.1) is 24.4 Å². The third kappa shape index (κ3) is 5.26. The zero-order valence-corrected chi connectivity index (χ0v) is 19.9. The van der Waals surface area contributed by atoms with Gasteiger partial charge in [0.25, 0.3) is 5.91 Å². The fourth-order valence-corrected chi connectivity index (χ4v) is 5.11. The zero-order chi connectivity index (χ0) is 24.4. The number of hydrogen-bond donors (Lipinski definition) is 0. The SMILES string of the molecule is O=C(c1ccc(F)cc1)C1CCN([C@H]2CN(C(=O)c3ccoc3)C[C@@H]2Oc2ccc(Cl)cc2)CC1. The Morgan fingerprint density at radius 3 is 2.31 bits per heavy atom. The van der Waals surface area contributed by atoms with E-state index in [-0.39, 0.29) is 35.6 Å². The van der Waals surface area contributed by atoms with Crippen LogP contribution in [0.5, 0.6) is 5.75 Å². The van der Waals surface area contributed by atoms with Gasteiger partial charge < -0.3 is 14.1 Å². The van der Waals surface area contributed by atoms with Crippen molar-refractivity contribution in [1.29, 1.82) is 0 Å². The molecule has 8 heteroatoms. The highest BCUT2D eigenvalue weighted by molar-refractivity contribution is 6.30. The van der Waals surface area contributed by atoms with Crippen LogP contribution in [0.4, 0.5) is 4.39 Å². The average molecular weight is 497 g/mol. The van der Waals surface area contributed by atoms with Gasteiger partial charge in [0.2, 0.25) is 0 Å². The van der Waals surface area contributed by atoms with Gasteiger partial charge in [-0.2, -0.15) is 0 Å². The van der Waals surface area contributed by atoms with E-state index in [1.807, 2.05) is 12.1 Å². The highest BCUT2D eigenvalue weighted by Gasteiger charge is 2.42. The van der Waals surface area contributed by atoms with Crippen molar-refractivity contribution in [3.05, 3.63) is 89.1 Å². The topological polar surface area (TPSA) is 63.0 Å². The number of carbonyl (C=O) groups is 2. The summed E-state index contributed by atoms with van der Waals surface area (Å²) in [6.07, 6.45) is 4.13. The van der Waals surface area contributed by atoms with Gasteiger partial charge in [-0.25, -0.2) is 4.39 Å². The number of likely N-dealkylation sites (tertiary alicyclic amines) is 2. The Balaban J connectivity index is 1.28. The molecule has 0 saturated carbocycles. The molecule has 0 bridgehead atoms. The molecule has 1 aromatic heterocycles. The van der Waals surface area contributed by atoms with Crippen LogP contribution < -0.4 is 4.74 Å². The molecule has 5 rings (SSSR count). The van der Waals surface area contributed by atoms with Gasteiger partial charge in [-0.3, -0.25) is 14.5 Å². The molecule has 2 saturated heterocycles. The Hall–Kier alpha value is -3.16. The molecule has 0 unspecified atom stereocenters. The normalized spacial score (nSPS) is 21.3. The summed E-state index contributed by atoms with van der Waals surface area (Å²) in [7, 11) is 0. The second kappa shape index (κ2) is 10.2. The van der Waals surface area contributed by atoms with Crippen LogP contribution in [0, 0.1) is 11.7 Å². The lowest BCUT2D eigenvalue weighted by atomic mass is 9.88. The molecule has 35 heavy (non-hydrogen) atoms. The summed E-state index contributed by atoms with van der Waals surface area (Å²) in [5, 5.41) is 0.630. The Bertz CT molecular complexity index is 1160. The lowest BCUT2D eigenvalue weighted by Crippen LogP contribution is -2.49. The summed E-state index contributed by atoms with van der Waals surface area (Å²) >= 11 is 6.02. The number of ketones is 1. The van der Waals surface area contributed by atoms with E-state index in [4.69, 9.17) is 20.8 Å². The fourth-order valence-electron chi connectivity index (χ4n) is 4.99. The summed E-state index contributed by atoms with van der Waals surface area (Å²) in [4.78, 5) is 30.0. The summed E-state index contributed by atoms with van der Waals surface area (Å²) in [5.74, 6) is 0.216. The number of benzene rings is 2. The maximum absolute atomic E-state index is 13.2. The van der Waals surface area contributed by atoms with Crippen molar-refractivity contribution in [1.82, 2.24) is 9.80 Å². The Morgan fingerprint density at radius 2 is 1.66 bits per heavy atom. The zero-order valence-electron chi connectivity index (χ0n) is 19.1. The van der Waals surface area contributed by atoms with Gasteiger partial charge in [0.15, 0.2) is 5.78 Å². The first-order valence-corrected chi connectivity index (χ1v) is 12.1. The third-order valence-corrected chi connectivity index (χ3v) is 7.14. The molecule has 1 amide bonds. The lowest BCUT2D eigenvalue weighted by Gasteiger charge is -2.37. The second-order valence-electron chi connectivity index (χ2n) is 9.08. The molecule has 2 fully saturated rings. The Labute approximate surface area is 208 Å². The molecule has 6 nitrogen and oxygen atoms in total. The molecule has 2 aliphatic heterocycles. The number of nitrogens with zero attached hydrogens (tertiary/aromatic N) is 2. The first-order chi connectivity index (χ1) is 17.0. The first-order valence-electron chi connectivity index (χ1n) is 11.8. The van der Waals surface area contributed by atoms with Gasteiger partial charge in [-0.1, -0.05) is 11.6 Å². The smallest absolute Gasteiger partial charge is 0.257 e. The molecule has 3 heterocycles. The van der Waals surface area contributed by atoms with Crippen LogP contribution >= 0.6 is 11.6 Å². The number of carbonyl (C=O) groups excluding carboxylic acids is 2. The predicted molar refractivity (Wildman–Crippen MR) is 129 cm³/mol. The molecule has 3 aromatic rings. The number of Topliss-reactive ketones (excluding diaryl/α,β-unsaturated/α-hetero) is 1. The number of halogens is 2. The maximum atomic E-state index is 13.2. The van der Waals surface area contributed by atoms with Gasteiger partial charge in [0, 0.05) is 23.0 Å². The van der Waals surface area contributed by atoms with E-state index in [1.54, 1.807) is 35.2 Å². The molecular weight excluding hydrogens is 471 g/mol. The van der Waals surface area contributed by atoms with Crippen LogP contribution in [-0.2, 0) is 0 Å². The van der Waals surface area contributed by atoms with E-state index in [9.17, 15) is 14.0 Å². The number of furan rings is 1. The van der Waals surface area contributed by atoms with Crippen molar-refractivity contribution in [2.45, 2.75) is 25.0 Å². The van der Waals surface area contributed by atoms with Crippen molar-refractivity contribution in [3.8, 4) is 5.75 Å². The molecule has 2 aromatic carbocycles. The third-order valence-electron chi connectivity index (χ3n) is 6.89. The summed E-state index contributed by atoms with van der Waals surface area (Å²) < 4.78 is 24.7. The number of hydrogen-bond acceptors (Lipinski definition) is 5. The van der Waals surface area contributed by atoms with E-state index in [0.29, 0.717) is 47.8 Å². The fraction of sp³-hybridized carbons (Fsp3) is 0.333. The lowest BCUT2D eigenvalue weighted by molar-refractivity contribution is 0.0619. The number of piperidine rings is 1. The van der Waals surface area contributed by atoms with Crippen molar-refractivity contribution in [2.24, 2.45) is 5.92 Å². The van der Waals surface area contributed by atoms with E-state index < -0.39 is 0 Å². The predicted octanol–water partition coefficient (Wildman–Crippen LogP) is 4.94. The van der Waals surface area contributed by atoms with E-state index >= 15 is 0 Å². The largest absolute Gasteiger partial charge is 0.487 e. The summed E-state index contributed by atoms with van der Waals surface area (Å²) in [6, 6.07) is 14.6. The van der Waals surface area contributed by atoms with Crippen LogP contribution in [0.2, 0.25) is 5.02 Å². The van der Waals surface area contributed by atoms with E-state index in [1.165, 1.54) is 24.7 Å². The second-order valence-corrected chi connectivity index (χ2v) is 9.52. The van der Waals surface area contributed by atoms with Crippen LogP contribution in [0.3, 0.4) is 0 Å². The summed E-state index contributed by atoms with van der Waals surface area (Å²) in [6.45, 7) is 2.41. The molecular formula is C27H26ClFN2O4. The van der Waals surface area contributed by atoms with Gasteiger partial charge >= 0.3 is 0 Å². The maximum Gasteiger partial charge on any atom is 0.257 e. The molecule has 0 N–H and O–H groups in total. The van der Waals surface area contributed by atoms with Crippen molar-refractivity contribution < 1.29 is 23.1 Å². The van der Waals surface area contributed by atoms with Crippen LogP contribution in [0.1, 0.15) is 33.6 Å². The minimum atomic E-state index is -0.348. The highest BCUT2D eigenvalue weighted by atomic mass is 35.5. The van der Waals surface area contributed by atoms with E-state index in [2.05, 4.69) is 4.90 Å². The molecule has 2 atom stereocenters. The number of rotatable bonds is 6. The van der Waals surface area contributed by atoms with Crippen molar-refractivity contribution >= 4 is 23.3 Å². The Morgan fingerprint density at radius 1 is 0.943 bits per heavy atom. The molecule has 0 aliphatic carbocycles. The molecule has 182 valence electrons. The first kappa shape index (κ1) is 23.6. The minimum Gasteiger partial charge on any atom is -0.487 e. The Kier molecular flexibility index (Phi) is 6.88. The molecule has 0 spiro atoms. The molecule has 2 aliphatic rings. The van der Waals surface area contributed by atoms with Crippen LogP contribution in [0.25, 0.3) is 0 Å². The standard InChI is InChI=1S/C27H26ClFN2O4/c28-21-3-7-23(8-4-21)35-25-16-31(27(33)20-11-14-34-17-20)15-24(25)30-12-9-19(10-13-30)26(32)18-1-5-22(29)6-2-18/h1-8,11,14,17,19,24-25H,9-10,12-13,15-16H2/t24-,25-/m0/s1. The van der Waals surface area contributed by atoms with Crippen LogP contribution in [-0.4, -0.2) is 59.8 Å².